The molecule has 2 aromatic rings. The number of carbonyl (C=O) groups is 1. The molecule has 3 rings (SSSR count). The number of nitrogens with one attached hydrogen (secondary N) is 1. The minimum Gasteiger partial charge on any atom is -0.336 e. The first-order valence-electron chi connectivity index (χ1n) is 8.34. The lowest BCUT2D eigenvalue weighted by molar-refractivity contribution is 0.0707. The van der Waals surface area contributed by atoms with E-state index in [1.807, 2.05) is 33.8 Å². The van der Waals surface area contributed by atoms with Crippen molar-refractivity contribution >= 4 is 17.5 Å². The molecule has 1 aliphatic rings. The summed E-state index contributed by atoms with van der Waals surface area (Å²) in [5.41, 5.74) is 2.54. The van der Waals surface area contributed by atoms with Crippen LogP contribution in [0.1, 0.15) is 42.7 Å². The summed E-state index contributed by atoms with van der Waals surface area (Å²) >= 11 is 5.98. The van der Waals surface area contributed by atoms with E-state index in [9.17, 15) is 4.79 Å². The van der Waals surface area contributed by atoms with Gasteiger partial charge in [-0.1, -0.05) is 25.4 Å². The van der Waals surface area contributed by atoms with Crippen molar-refractivity contribution in [3.05, 3.63) is 46.7 Å². The van der Waals surface area contributed by atoms with E-state index >= 15 is 0 Å². The average molecular weight is 347 g/mol. The van der Waals surface area contributed by atoms with E-state index < -0.39 is 0 Å². The number of carbonyl (C=O) groups excluding carboxylic acids is 1. The van der Waals surface area contributed by atoms with Gasteiger partial charge in [-0.25, -0.2) is 4.68 Å². The summed E-state index contributed by atoms with van der Waals surface area (Å²) in [6, 6.07) is 7.83. The fourth-order valence-corrected chi connectivity index (χ4v) is 3.28. The van der Waals surface area contributed by atoms with Crippen molar-refractivity contribution in [3.8, 4) is 5.69 Å². The van der Waals surface area contributed by atoms with Gasteiger partial charge in [0.05, 0.1) is 23.1 Å². The second-order valence-electron chi connectivity index (χ2n) is 6.59. The highest BCUT2D eigenvalue weighted by Gasteiger charge is 2.27. The topological polar surface area (TPSA) is 50.2 Å². The highest BCUT2D eigenvalue weighted by Crippen LogP contribution is 2.25. The first-order chi connectivity index (χ1) is 11.5. The highest BCUT2D eigenvalue weighted by molar-refractivity contribution is 6.30. The zero-order valence-electron chi connectivity index (χ0n) is 14.3. The number of piperazine rings is 1. The van der Waals surface area contributed by atoms with Gasteiger partial charge in [0.25, 0.3) is 5.91 Å². The van der Waals surface area contributed by atoms with Crippen LogP contribution in [0.3, 0.4) is 0 Å². The Morgan fingerprint density at radius 1 is 1.33 bits per heavy atom. The number of hydrogen-bond acceptors (Lipinski definition) is 3. The molecule has 0 radical (unpaired) electrons. The van der Waals surface area contributed by atoms with Crippen LogP contribution in [0, 0.1) is 0 Å². The van der Waals surface area contributed by atoms with Gasteiger partial charge in [0, 0.05) is 30.7 Å². The Hall–Kier alpha value is -1.85. The molecule has 1 amide bonds. The Bertz CT molecular complexity index is 723. The van der Waals surface area contributed by atoms with Gasteiger partial charge in [-0.05, 0) is 37.1 Å². The van der Waals surface area contributed by atoms with Crippen LogP contribution in [0.4, 0.5) is 0 Å². The Kier molecular flexibility index (Phi) is 4.92. The minimum absolute atomic E-state index is 0.0623. The molecule has 2 heterocycles. The largest absolute Gasteiger partial charge is 0.336 e. The maximum absolute atomic E-state index is 13.0. The molecule has 1 atom stereocenters. The molecule has 128 valence electrons. The molecule has 24 heavy (non-hydrogen) atoms. The third-order valence-corrected chi connectivity index (χ3v) is 4.56. The third kappa shape index (κ3) is 3.32. The summed E-state index contributed by atoms with van der Waals surface area (Å²) in [6.45, 7) is 8.55. The second kappa shape index (κ2) is 6.95. The summed E-state index contributed by atoms with van der Waals surface area (Å²) in [7, 11) is 0. The molecule has 1 aromatic carbocycles. The molecule has 0 aliphatic carbocycles. The molecular formula is C18H23ClN4O. The van der Waals surface area contributed by atoms with Crippen molar-refractivity contribution in [2.24, 2.45) is 0 Å². The van der Waals surface area contributed by atoms with Crippen LogP contribution in [0.15, 0.2) is 30.5 Å². The van der Waals surface area contributed by atoms with E-state index in [1.54, 1.807) is 6.20 Å². The van der Waals surface area contributed by atoms with Crippen molar-refractivity contribution in [1.29, 1.82) is 0 Å². The van der Waals surface area contributed by atoms with E-state index in [4.69, 9.17) is 11.6 Å². The van der Waals surface area contributed by atoms with Crippen LogP contribution >= 0.6 is 11.6 Å². The molecule has 6 heteroatoms. The van der Waals surface area contributed by atoms with Crippen molar-refractivity contribution in [2.75, 3.05) is 19.6 Å². The standard InChI is InChI=1S/C18H23ClN4O/c1-12(2)17-16(18(24)22-9-8-20-13(3)11-22)10-21-23(17)15-6-4-14(19)5-7-15/h4-7,10,12-13,20H,8-9,11H2,1-3H3. The van der Waals surface area contributed by atoms with Gasteiger partial charge in [0.2, 0.25) is 0 Å². The van der Waals surface area contributed by atoms with E-state index in [1.165, 1.54) is 0 Å². The Labute approximate surface area is 147 Å². The SMILES string of the molecule is CC1CN(C(=O)c2cnn(-c3ccc(Cl)cc3)c2C(C)C)CCN1. The van der Waals surface area contributed by atoms with E-state index in [-0.39, 0.29) is 11.8 Å². The molecule has 1 saturated heterocycles. The number of hydrogen-bond donors (Lipinski definition) is 1. The number of nitrogens with zero attached hydrogens (tertiary/aromatic N) is 3. The van der Waals surface area contributed by atoms with Gasteiger partial charge in [0.15, 0.2) is 0 Å². The van der Waals surface area contributed by atoms with E-state index in [2.05, 4.69) is 31.2 Å². The van der Waals surface area contributed by atoms with E-state index in [0.29, 0.717) is 16.6 Å². The molecule has 1 unspecified atom stereocenters. The summed E-state index contributed by atoms with van der Waals surface area (Å²) in [4.78, 5) is 14.9. The van der Waals surface area contributed by atoms with Crippen LogP contribution in [-0.2, 0) is 0 Å². The summed E-state index contributed by atoms with van der Waals surface area (Å²) in [5.74, 6) is 0.245. The molecule has 5 nitrogen and oxygen atoms in total. The van der Waals surface area contributed by atoms with Crippen LogP contribution in [0.2, 0.25) is 5.02 Å². The number of aromatic nitrogens is 2. The monoisotopic (exact) mass is 346 g/mol. The lowest BCUT2D eigenvalue weighted by Gasteiger charge is -2.32. The first kappa shape index (κ1) is 17.0. The van der Waals surface area contributed by atoms with Crippen molar-refractivity contribution in [3.63, 3.8) is 0 Å². The first-order valence-corrected chi connectivity index (χ1v) is 8.71. The molecule has 0 saturated carbocycles. The Morgan fingerprint density at radius 3 is 2.67 bits per heavy atom. The number of rotatable bonds is 3. The molecule has 1 fully saturated rings. The third-order valence-electron chi connectivity index (χ3n) is 4.31. The molecule has 1 aromatic heterocycles. The summed E-state index contributed by atoms with van der Waals surface area (Å²) in [6.07, 6.45) is 1.69. The Balaban J connectivity index is 1.97. The van der Waals surface area contributed by atoms with Crippen LogP contribution in [-0.4, -0.2) is 46.3 Å². The van der Waals surface area contributed by atoms with Gasteiger partial charge < -0.3 is 10.2 Å². The quantitative estimate of drug-likeness (QED) is 0.929. The second-order valence-corrected chi connectivity index (χ2v) is 7.03. The van der Waals surface area contributed by atoms with Gasteiger partial charge >= 0.3 is 0 Å². The number of benzene rings is 1. The molecule has 1 N–H and O–H groups in total. The molecular weight excluding hydrogens is 324 g/mol. The fourth-order valence-electron chi connectivity index (χ4n) is 3.15. The normalized spacial score (nSPS) is 18.2. The maximum atomic E-state index is 13.0. The van der Waals surface area contributed by atoms with Crippen LogP contribution < -0.4 is 5.32 Å². The smallest absolute Gasteiger partial charge is 0.257 e. The van der Waals surface area contributed by atoms with Gasteiger partial charge in [-0.15, -0.1) is 0 Å². The van der Waals surface area contributed by atoms with Gasteiger partial charge in [0.1, 0.15) is 0 Å². The van der Waals surface area contributed by atoms with Crippen LogP contribution in [0.5, 0.6) is 0 Å². The average Bonchev–Trinajstić information content (AvgIpc) is 3.00. The predicted octanol–water partition coefficient (Wildman–Crippen LogP) is 3.08. The van der Waals surface area contributed by atoms with Crippen LogP contribution in [0.25, 0.3) is 5.69 Å². The number of halogens is 1. The summed E-state index contributed by atoms with van der Waals surface area (Å²) < 4.78 is 1.85. The highest BCUT2D eigenvalue weighted by atomic mass is 35.5. The van der Waals surface area contributed by atoms with Crippen molar-refractivity contribution < 1.29 is 4.79 Å². The predicted molar refractivity (Wildman–Crippen MR) is 96.0 cm³/mol. The lowest BCUT2D eigenvalue weighted by Crippen LogP contribution is -2.51. The fraction of sp³-hybridized carbons (Fsp3) is 0.444. The lowest BCUT2D eigenvalue weighted by atomic mass is 10.0. The van der Waals surface area contributed by atoms with Gasteiger partial charge in [-0.2, -0.15) is 5.10 Å². The van der Waals surface area contributed by atoms with Gasteiger partial charge in [-0.3, -0.25) is 4.79 Å². The zero-order valence-corrected chi connectivity index (χ0v) is 15.0. The Morgan fingerprint density at radius 2 is 2.04 bits per heavy atom. The van der Waals surface area contributed by atoms with E-state index in [0.717, 1.165) is 31.0 Å². The maximum Gasteiger partial charge on any atom is 0.257 e. The van der Waals surface area contributed by atoms with Crippen molar-refractivity contribution in [2.45, 2.75) is 32.7 Å². The van der Waals surface area contributed by atoms with Crippen molar-refractivity contribution in [1.82, 2.24) is 20.0 Å². The molecule has 0 bridgehead atoms. The number of amides is 1. The molecule has 0 spiro atoms. The molecule has 1 aliphatic heterocycles. The minimum atomic E-state index is 0.0623. The summed E-state index contributed by atoms with van der Waals surface area (Å²) in [5, 5.41) is 8.53. The zero-order chi connectivity index (χ0) is 17.3.